The number of nitrogens with zero attached hydrogens (tertiary/aromatic N) is 2. The van der Waals surface area contributed by atoms with Crippen LogP contribution >= 0.6 is 0 Å². The zero-order valence-corrected chi connectivity index (χ0v) is 28.0. The summed E-state index contributed by atoms with van der Waals surface area (Å²) in [6.07, 6.45) is 12.1. The van der Waals surface area contributed by atoms with E-state index in [-0.39, 0.29) is 36.7 Å². The molecule has 4 bridgehead atoms. The molecule has 1 aliphatic heterocycles. The van der Waals surface area contributed by atoms with Gasteiger partial charge >= 0.3 is 0 Å². The van der Waals surface area contributed by atoms with Crippen molar-refractivity contribution in [3.8, 4) is 11.1 Å². The molecule has 1 heterocycles. The van der Waals surface area contributed by atoms with Crippen molar-refractivity contribution in [3.63, 3.8) is 0 Å². The van der Waals surface area contributed by atoms with E-state index < -0.39 is 5.54 Å². The molecular formula is C37H54N4O4. The average Bonchev–Trinajstić information content (AvgIpc) is 3.01. The second-order valence-electron chi connectivity index (χ2n) is 13.3. The molecule has 1 aliphatic rings. The van der Waals surface area contributed by atoms with Gasteiger partial charge in [0.05, 0.1) is 13.1 Å². The molecule has 2 N–H and O–H groups in total. The predicted molar refractivity (Wildman–Crippen MR) is 181 cm³/mol. The number of benzene rings is 2. The summed E-state index contributed by atoms with van der Waals surface area (Å²) in [6.45, 7) is 9.22. The van der Waals surface area contributed by atoms with Crippen LogP contribution in [0.15, 0.2) is 48.5 Å². The molecule has 0 radical (unpaired) electrons. The van der Waals surface area contributed by atoms with Crippen molar-refractivity contribution in [2.75, 3.05) is 32.7 Å². The second kappa shape index (κ2) is 18.3. The van der Waals surface area contributed by atoms with Gasteiger partial charge in [0, 0.05) is 36.3 Å². The predicted octanol–water partition coefficient (Wildman–Crippen LogP) is 6.59. The highest BCUT2D eigenvalue weighted by Gasteiger charge is 2.24. The van der Waals surface area contributed by atoms with Crippen LogP contribution in [0.3, 0.4) is 0 Å². The zero-order valence-electron chi connectivity index (χ0n) is 28.0. The topological polar surface area (TPSA) is 98.8 Å². The van der Waals surface area contributed by atoms with E-state index in [2.05, 4.69) is 17.6 Å². The first-order valence-corrected chi connectivity index (χ1v) is 16.9. The van der Waals surface area contributed by atoms with Crippen molar-refractivity contribution >= 4 is 23.6 Å². The van der Waals surface area contributed by atoms with E-state index in [1.165, 1.54) is 44.9 Å². The summed E-state index contributed by atoms with van der Waals surface area (Å²) in [7, 11) is 0. The van der Waals surface area contributed by atoms with Crippen molar-refractivity contribution in [2.24, 2.45) is 0 Å². The lowest BCUT2D eigenvalue weighted by molar-refractivity contribution is -0.123. The number of unbranched alkanes of at least 4 members (excludes halogenated alkanes) is 8. The van der Waals surface area contributed by atoms with Gasteiger partial charge in [0.15, 0.2) is 0 Å². The minimum atomic E-state index is -0.414. The van der Waals surface area contributed by atoms with Gasteiger partial charge in [-0.15, -0.1) is 0 Å². The van der Waals surface area contributed by atoms with Crippen molar-refractivity contribution in [3.05, 3.63) is 59.7 Å². The lowest BCUT2D eigenvalue weighted by Gasteiger charge is -2.27. The summed E-state index contributed by atoms with van der Waals surface area (Å²) in [5.41, 5.74) is 2.20. The van der Waals surface area contributed by atoms with Crippen LogP contribution in [0.25, 0.3) is 11.1 Å². The fraction of sp³-hybridized carbons (Fsp3) is 0.568. The maximum Gasteiger partial charge on any atom is 0.254 e. The first-order chi connectivity index (χ1) is 21.6. The highest BCUT2D eigenvalue weighted by molar-refractivity contribution is 5.99. The molecule has 2 aromatic carbocycles. The largest absolute Gasteiger partial charge is 0.355 e. The molecule has 0 unspecified atom stereocenters. The smallest absolute Gasteiger partial charge is 0.254 e. The van der Waals surface area contributed by atoms with Gasteiger partial charge in [-0.3, -0.25) is 19.2 Å². The molecule has 0 aromatic heterocycles. The van der Waals surface area contributed by atoms with Crippen LogP contribution in [0.4, 0.5) is 0 Å². The van der Waals surface area contributed by atoms with E-state index in [1.807, 2.05) is 57.2 Å². The van der Waals surface area contributed by atoms with Crippen molar-refractivity contribution < 1.29 is 19.2 Å². The standard InChI is InChI=1S/C37H54N4O4/c1-5-6-7-8-9-10-11-12-13-22-38-33(42)27-40-23-14-15-24-41(28-34(43)39-37(2,3)4)36(45)32-21-17-19-30(26-32)29-18-16-20-31(25-29)35(40)44/h16-21,25-26H,5-15,22-24,27-28H2,1-4H3,(H,38,42)(H,39,43). The second-order valence-corrected chi connectivity index (χ2v) is 13.3. The van der Waals surface area contributed by atoms with E-state index in [0.29, 0.717) is 43.6 Å². The van der Waals surface area contributed by atoms with Gasteiger partial charge in [-0.2, -0.15) is 0 Å². The minimum absolute atomic E-state index is 0.0212. The van der Waals surface area contributed by atoms with E-state index >= 15 is 0 Å². The summed E-state index contributed by atoms with van der Waals surface area (Å²) in [5, 5.41) is 5.95. The SMILES string of the molecule is CCCCCCCCCCCNC(=O)CN1CCCCN(CC(=O)NC(C)(C)C)C(=O)c2cccc(c2)-c2cccc(c2)C1=O. The van der Waals surface area contributed by atoms with Crippen LogP contribution < -0.4 is 10.6 Å². The zero-order chi connectivity index (χ0) is 32.7. The van der Waals surface area contributed by atoms with Crippen LogP contribution in [-0.4, -0.2) is 71.7 Å². The van der Waals surface area contributed by atoms with E-state index in [0.717, 1.165) is 24.0 Å². The van der Waals surface area contributed by atoms with E-state index in [1.54, 1.807) is 21.9 Å². The number of carbonyl (C=O) groups excluding carboxylic acids is 4. The summed E-state index contributed by atoms with van der Waals surface area (Å²) in [6, 6.07) is 14.6. The molecule has 0 saturated carbocycles. The number of fused-ring (bicyclic) bond motifs is 5. The number of hydrogen-bond donors (Lipinski definition) is 2. The van der Waals surface area contributed by atoms with E-state index in [9.17, 15) is 19.2 Å². The third-order valence-electron chi connectivity index (χ3n) is 8.02. The number of nitrogens with one attached hydrogen (secondary N) is 2. The third-order valence-corrected chi connectivity index (χ3v) is 8.02. The van der Waals surface area contributed by atoms with Gasteiger partial charge in [0.2, 0.25) is 11.8 Å². The molecule has 8 heteroatoms. The van der Waals surface area contributed by atoms with Gasteiger partial charge < -0.3 is 20.4 Å². The highest BCUT2D eigenvalue weighted by atomic mass is 16.2. The Morgan fingerprint density at radius 2 is 1.11 bits per heavy atom. The molecular weight excluding hydrogens is 564 g/mol. The lowest BCUT2D eigenvalue weighted by atomic mass is 9.99. The molecule has 4 amide bonds. The maximum absolute atomic E-state index is 13.7. The molecule has 0 atom stereocenters. The Hall–Kier alpha value is -3.68. The normalized spacial score (nSPS) is 14.2. The van der Waals surface area contributed by atoms with Gasteiger partial charge in [-0.25, -0.2) is 0 Å². The van der Waals surface area contributed by atoms with Crippen molar-refractivity contribution in [1.29, 1.82) is 0 Å². The molecule has 246 valence electrons. The Bertz CT molecular complexity index is 1270. The Morgan fingerprint density at radius 1 is 0.667 bits per heavy atom. The Kier molecular flexibility index (Phi) is 14.6. The summed E-state index contributed by atoms with van der Waals surface area (Å²) in [4.78, 5) is 56.3. The first kappa shape index (κ1) is 35.8. The van der Waals surface area contributed by atoms with Crippen molar-refractivity contribution in [1.82, 2.24) is 20.4 Å². The van der Waals surface area contributed by atoms with Crippen molar-refractivity contribution in [2.45, 2.75) is 104 Å². The van der Waals surface area contributed by atoms with Crippen LogP contribution in [0.5, 0.6) is 0 Å². The Balaban J connectivity index is 1.68. The van der Waals surface area contributed by atoms with Crippen LogP contribution in [0, 0.1) is 0 Å². The number of hydrogen-bond acceptors (Lipinski definition) is 4. The summed E-state index contributed by atoms with van der Waals surface area (Å²) >= 11 is 0. The van der Waals surface area contributed by atoms with Gasteiger partial charge in [-0.1, -0.05) is 82.6 Å². The van der Waals surface area contributed by atoms with Crippen LogP contribution in [0.2, 0.25) is 0 Å². The maximum atomic E-state index is 13.7. The summed E-state index contributed by atoms with van der Waals surface area (Å²) in [5.74, 6) is -0.788. The molecule has 0 fully saturated rings. The highest BCUT2D eigenvalue weighted by Crippen LogP contribution is 2.24. The fourth-order valence-corrected chi connectivity index (χ4v) is 5.66. The molecule has 8 nitrogen and oxygen atoms in total. The van der Waals surface area contributed by atoms with Gasteiger partial charge in [-0.05, 0) is 75.4 Å². The molecule has 0 aliphatic carbocycles. The van der Waals surface area contributed by atoms with Gasteiger partial charge in [0.1, 0.15) is 0 Å². The van der Waals surface area contributed by atoms with E-state index in [4.69, 9.17) is 0 Å². The van der Waals surface area contributed by atoms with Crippen LogP contribution in [-0.2, 0) is 9.59 Å². The third kappa shape index (κ3) is 12.7. The lowest BCUT2D eigenvalue weighted by Crippen LogP contribution is -2.47. The minimum Gasteiger partial charge on any atom is -0.355 e. The Morgan fingerprint density at radius 3 is 1.60 bits per heavy atom. The number of amides is 4. The summed E-state index contributed by atoms with van der Waals surface area (Å²) < 4.78 is 0. The number of carbonyl (C=O) groups is 4. The monoisotopic (exact) mass is 618 g/mol. The van der Waals surface area contributed by atoms with Gasteiger partial charge in [0.25, 0.3) is 11.8 Å². The van der Waals surface area contributed by atoms with Crippen LogP contribution in [0.1, 0.15) is 119 Å². The quantitative estimate of drug-likeness (QED) is 0.233. The average molecular weight is 619 g/mol. The number of rotatable bonds is 14. The molecule has 45 heavy (non-hydrogen) atoms. The molecule has 0 spiro atoms. The molecule has 0 saturated heterocycles. The Labute approximate surface area is 270 Å². The first-order valence-electron chi connectivity index (χ1n) is 16.9. The molecule has 2 aromatic rings. The molecule has 3 rings (SSSR count). The fourth-order valence-electron chi connectivity index (χ4n) is 5.66.